The van der Waals surface area contributed by atoms with Gasteiger partial charge in [-0.1, -0.05) is 24.2 Å². The summed E-state index contributed by atoms with van der Waals surface area (Å²) in [5.41, 5.74) is 0. The van der Waals surface area contributed by atoms with Gasteiger partial charge in [-0.05, 0) is 25.0 Å². The summed E-state index contributed by atoms with van der Waals surface area (Å²) in [5, 5.41) is 3.89. The molecule has 80 valence electrons. The van der Waals surface area contributed by atoms with Crippen LogP contribution in [0.5, 0.6) is 0 Å². The molecule has 2 heterocycles. The molecule has 0 bridgehead atoms. The molecule has 1 aromatic rings. The lowest BCUT2D eigenvalue weighted by Gasteiger charge is -2.11. The number of thioether (sulfide) groups is 1. The lowest BCUT2D eigenvalue weighted by molar-refractivity contribution is -0.120. The van der Waals surface area contributed by atoms with Crippen molar-refractivity contribution in [1.82, 2.24) is 10.3 Å². The van der Waals surface area contributed by atoms with Gasteiger partial charge in [0.2, 0.25) is 5.91 Å². The highest BCUT2D eigenvalue weighted by atomic mass is 32.2. The third-order valence-electron chi connectivity index (χ3n) is 2.39. The van der Waals surface area contributed by atoms with Crippen LogP contribution in [0.3, 0.4) is 0 Å². The summed E-state index contributed by atoms with van der Waals surface area (Å²) in [6.45, 7) is 0.818. The van der Waals surface area contributed by atoms with Gasteiger partial charge in [0.1, 0.15) is 0 Å². The fourth-order valence-electron chi connectivity index (χ4n) is 1.59. The molecular formula is C11H14N2OS. The summed E-state index contributed by atoms with van der Waals surface area (Å²) in [7, 11) is 0. The number of nitrogens with one attached hydrogen (secondary N) is 1. The summed E-state index contributed by atoms with van der Waals surface area (Å²) >= 11 is 1.56. The number of carbonyl (C=O) groups is 1. The van der Waals surface area contributed by atoms with Crippen molar-refractivity contribution in [2.75, 3.05) is 6.54 Å². The number of amides is 1. The summed E-state index contributed by atoms with van der Waals surface area (Å²) < 4.78 is 0. The molecule has 0 radical (unpaired) electrons. The van der Waals surface area contributed by atoms with Crippen LogP contribution in [0.1, 0.15) is 19.3 Å². The van der Waals surface area contributed by atoms with Gasteiger partial charge in [-0.15, -0.1) is 0 Å². The standard InChI is InChI=1S/C11H14N2OS/c14-11-9(5-1-3-8-13-11)15-10-6-2-4-7-12-10/h2,4,6-7,9H,1,3,5,8H2,(H,13,14). The Balaban J connectivity index is 2.01. The molecule has 2 rings (SSSR count). The zero-order chi connectivity index (χ0) is 10.5. The predicted octanol–water partition coefficient (Wildman–Crippen LogP) is 1.84. The molecule has 1 amide bonds. The van der Waals surface area contributed by atoms with E-state index in [2.05, 4.69) is 10.3 Å². The second kappa shape index (κ2) is 5.16. The predicted molar refractivity (Wildman–Crippen MR) is 60.7 cm³/mol. The third-order valence-corrected chi connectivity index (χ3v) is 3.60. The van der Waals surface area contributed by atoms with Crippen LogP contribution in [0.2, 0.25) is 0 Å². The maximum Gasteiger partial charge on any atom is 0.233 e. The van der Waals surface area contributed by atoms with E-state index in [4.69, 9.17) is 0 Å². The van der Waals surface area contributed by atoms with Gasteiger partial charge in [0.15, 0.2) is 0 Å². The Labute approximate surface area is 93.7 Å². The van der Waals surface area contributed by atoms with Crippen molar-refractivity contribution in [2.45, 2.75) is 29.5 Å². The smallest absolute Gasteiger partial charge is 0.233 e. The van der Waals surface area contributed by atoms with Gasteiger partial charge in [0.25, 0.3) is 0 Å². The van der Waals surface area contributed by atoms with E-state index in [-0.39, 0.29) is 11.2 Å². The van der Waals surface area contributed by atoms with Crippen molar-refractivity contribution < 1.29 is 4.79 Å². The van der Waals surface area contributed by atoms with E-state index in [0.717, 1.165) is 30.8 Å². The fourth-order valence-corrected chi connectivity index (χ4v) is 2.63. The first-order chi connectivity index (χ1) is 7.36. The van der Waals surface area contributed by atoms with Gasteiger partial charge >= 0.3 is 0 Å². The van der Waals surface area contributed by atoms with E-state index < -0.39 is 0 Å². The molecule has 0 aromatic carbocycles. The van der Waals surface area contributed by atoms with Gasteiger partial charge in [-0.3, -0.25) is 4.79 Å². The first-order valence-corrected chi connectivity index (χ1v) is 6.09. The largest absolute Gasteiger partial charge is 0.355 e. The average Bonchev–Trinajstić information content (AvgIpc) is 2.46. The van der Waals surface area contributed by atoms with Crippen molar-refractivity contribution in [3.63, 3.8) is 0 Å². The first kappa shape index (κ1) is 10.5. The summed E-state index contributed by atoms with van der Waals surface area (Å²) in [6, 6.07) is 5.78. The van der Waals surface area contributed by atoms with Crippen molar-refractivity contribution in [3.8, 4) is 0 Å². The molecule has 3 nitrogen and oxygen atoms in total. The third kappa shape index (κ3) is 2.96. The number of rotatable bonds is 2. The van der Waals surface area contributed by atoms with Crippen molar-refractivity contribution in [1.29, 1.82) is 0 Å². The molecule has 1 unspecified atom stereocenters. The van der Waals surface area contributed by atoms with Gasteiger partial charge in [-0.25, -0.2) is 4.98 Å². The molecule has 4 heteroatoms. The number of pyridine rings is 1. The number of nitrogens with zero attached hydrogens (tertiary/aromatic N) is 1. The minimum atomic E-state index is 0.0300. The van der Waals surface area contributed by atoms with E-state index in [0.29, 0.717) is 0 Å². The highest BCUT2D eigenvalue weighted by Gasteiger charge is 2.21. The van der Waals surface area contributed by atoms with Crippen LogP contribution in [0.4, 0.5) is 0 Å². The molecule has 1 aliphatic rings. The summed E-state index contributed by atoms with van der Waals surface area (Å²) in [5.74, 6) is 0.156. The molecule has 1 fully saturated rings. The number of hydrogen-bond donors (Lipinski definition) is 1. The summed E-state index contributed by atoms with van der Waals surface area (Å²) in [4.78, 5) is 15.9. The molecule has 1 N–H and O–H groups in total. The van der Waals surface area contributed by atoms with Crippen LogP contribution in [0.15, 0.2) is 29.4 Å². The topological polar surface area (TPSA) is 42.0 Å². The van der Waals surface area contributed by atoms with E-state index in [9.17, 15) is 4.79 Å². The van der Waals surface area contributed by atoms with Gasteiger partial charge in [0, 0.05) is 12.7 Å². The Morgan fingerprint density at radius 3 is 3.13 bits per heavy atom. The second-order valence-corrected chi connectivity index (χ2v) is 4.78. The molecule has 0 spiro atoms. The molecule has 1 aliphatic heterocycles. The SMILES string of the molecule is O=C1NCCCCC1Sc1ccccn1. The molecule has 1 aromatic heterocycles. The van der Waals surface area contributed by atoms with Crippen LogP contribution in [0, 0.1) is 0 Å². The highest BCUT2D eigenvalue weighted by Crippen LogP contribution is 2.25. The normalized spacial score (nSPS) is 21.9. The van der Waals surface area contributed by atoms with Crippen LogP contribution >= 0.6 is 11.8 Å². The van der Waals surface area contributed by atoms with Crippen molar-refractivity contribution in [3.05, 3.63) is 24.4 Å². The van der Waals surface area contributed by atoms with Gasteiger partial charge < -0.3 is 5.32 Å². The van der Waals surface area contributed by atoms with Crippen molar-refractivity contribution >= 4 is 17.7 Å². The molecule has 0 aliphatic carbocycles. The first-order valence-electron chi connectivity index (χ1n) is 5.21. The lowest BCUT2D eigenvalue weighted by Crippen LogP contribution is -2.30. The van der Waals surface area contributed by atoms with Gasteiger partial charge in [0.05, 0.1) is 10.3 Å². The number of aromatic nitrogens is 1. The molecule has 0 saturated carbocycles. The lowest BCUT2D eigenvalue weighted by atomic mass is 10.2. The Morgan fingerprint density at radius 1 is 1.40 bits per heavy atom. The Hall–Kier alpha value is -1.03. The Morgan fingerprint density at radius 2 is 2.33 bits per heavy atom. The molecular weight excluding hydrogens is 208 g/mol. The van der Waals surface area contributed by atoms with Crippen LogP contribution < -0.4 is 5.32 Å². The van der Waals surface area contributed by atoms with Crippen LogP contribution in [-0.2, 0) is 4.79 Å². The van der Waals surface area contributed by atoms with Crippen LogP contribution in [-0.4, -0.2) is 22.7 Å². The Bertz CT molecular complexity index is 329. The summed E-state index contributed by atoms with van der Waals surface area (Å²) in [6.07, 6.45) is 4.91. The van der Waals surface area contributed by atoms with E-state index >= 15 is 0 Å². The maximum absolute atomic E-state index is 11.7. The molecule has 15 heavy (non-hydrogen) atoms. The quantitative estimate of drug-likeness (QED) is 0.830. The maximum atomic E-state index is 11.7. The zero-order valence-corrected chi connectivity index (χ0v) is 9.30. The van der Waals surface area contributed by atoms with Gasteiger partial charge in [-0.2, -0.15) is 0 Å². The number of carbonyl (C=O) groups excluding carboxylic acids is 1. The molecule has 1 atom stereocenters. The molecule has 1 saturated heterocycles. The monoisotopic (exact) mass is 222 g/mol. The van der Waals surface area contributed by atoms with E-state index in [1.165, 1.54) is 0 Å². The zero-order valence-electron chi connectivity index (χ0n) is 8.48. The average molecular weight is 222 g/mol. The number of hydrogen-bond acceptors (Lipinski definition) is 3. The second-order valence-electron chi connectivity index (χ2n) is 3.56. The van der Waals surface area contributed by atoms with Crippen LogP contribution in [0.25, 0.3) is 0 Å². The fraction of sp³-hybridized carbons (Fsp3) is 0.455. The van der Waals surface area contributed by atoms with E-state index in [1.54, 1.807) is 18.0 Å². The minimum absolute atomic E-state index is 0.0300. The van der Waals surface area contributed by atoms with Crippen molar-refractivity contribution in [2.24, 2.45) is 0 Å². The van der Waals surface area contributed by atoms with E-state index in [1.807, 2.05) is 18.2 Å². The highest BCUT2D eigenvalue weighted by molar-refractivity contribution is 8.00. The minimum Gasteiger partial charge on any atom is -0.355 e. The Kier molecular flexibility index (Phi) is 3.61.